The van der Waals surface area contributed by atoms with Gasteiger partial charge in [-0.2, -0.15) is 0 Å². The second kappa shape index (κ2) is 5.17. The van der Waals surface area contributed by atoms with Crippen molar-refractivity contribution in [2.75, 3.05) is 14.1 Å². The van der Waals surface area contributed by atoms with E-state index in [0.717, 1.165) is 18.5 Å². The Morgan fingerprint density at radius 2 is 1.93 bits per heavy atom. The molecule has 84 valence electrons. The highest BCUT2D eigenvalue weighted by molar-refractivity contribution is 5.39. The number of hydrogen-bond acceptors (Lipinski definition) is 2. The number of nitrogens with zero attached hydrogens (tertiary/aromatic N) is 1. The second-order valence-electron chi connectivity index (χ2n) is 4.75. The van der Waals surface area contributed by atoms with Crippen LogP contribution in [0.1, 0.15) is 25.0 Å². The molecule has 0 spiro atoms. The molecule has 0 aliphatic rings. The highest BCUT2D eigenvalue weighted by Crippen LogP contribution is 2.24. The van der Waals surface area contributed by atoms with Crippen molar-refractivity contribution in [1.82, 2.24) is 4.90 Å². The van der Waals surface area contributed by atoms with Crippen LogP contribution in [0.5, 0.6) is 5.75 Å². The topological polar surface area (TPSA) is 23.5 Å². The average Bonchev–Trinajstić information content (AvgIpc) is 2.09. The van der Waals surface area contributed by atoms with E-state index in [1.165, 1.54) is 5.56 Å². The van der Waals surface area contributed by atoms with E-state index in [2.05, 4.69) is 24.8 Å². The molecule has 0 amide bonds. The number of benzene rings is 1. The SMILES string of the molecule is CC(C)Cc1c(O)cccc1CN(C)C. The van der Waals surface area contributed by atoms with Gasteiger partial charge in [0, 0.05) is 6.54 Å². The van der Waals surface area contributed by atoms with E-state index in [1.54, 1.807) is 6.07 Å². The van der Waals surface area contributed by atoms with E-state index in [1.807, 2.05) is 20.2 Å². The highest BCUT2D eigenvalue weighted by Gasteiger charge is 2.09. The molecule has 0 saturated heterocycles. The smallest absolute Gasteiger partial charge is 0.119 e. The molecule has 1 aromatic carbocycles. The molecule has 0 aromatic heterocycles. The van der Waals surface area contributed by atoms with Crippen LogP contribution < -0.4 is 0 Å². The molecule has 2 heteroatoms. The molecule has 1 N–H and O–H groups in total. The van der Waals surface area contributed by atoms with Gasteiger partial charge < -0.3 is 10.0 Å². The first-order valence-electron chi connectivity index (χ1n) is 5.45. The molecule has 0 heterocycles. The molecular formula is C13H21NO. The molecule has 0 aliphatic carbocycles. The Hall–Kier alpha value is -1.02. The zero-order chi connectivity index (χ0) is 11.4. The summed E-state index contributed by atoms with van der Waals surface area (Å²) in [6.07, 6.45) is 0.940. The van der Waals surface area contributed by atoms with Gasteiger partial charge in [-0.15, -0.1) is 0 Å². The van der Waals surface area contributed by atoms with Crippen molar-refractivity contribution in [3.63, 3.8) is 0 Å². The minimum Gasteiger partial charge on any atom is -0.508 e. The molecule has 0 bridgehead atoms. The molecule has 0 fully saturated rings. The number of hydrogen-bond donors (Lipinski definition) is 1. The Bertz CT molecular complexity index is 318. The van der Waals surface area contributed by atoms with E-state index >= 15 is 0 Å². The van der Waals surface area contributed by atoms with Gasteiger partial charge in [0.05, 0.1) is 0 Å². The van der Waals surface area contributed by atoms with Crippen molar-refractivity contribution in [1.29, 1.82) is 0 Å². The Labute approximate surface area is 92.5 Å². The van der Waals surface area contributed by atoms with Crippen molar-refractivity contribution in [3.8, 4) is 5.75 Å². The van der Waals surface area contributed by atoms with Gasteiger partial charge in [0.15, 0.2) is 0 Å². The molecule has 0 saturated carbocycles. The number of phenolic OH excluding ortho intramolecular Hbond substituents is 1. The first kappa shape index (κ1) is 12.1. The largest absolute Gasteiger partial charge is 0.508 e. The van der Waals surface area contributed by atoms with Crippen LogP contribution in [0.4, 0.5) is 0 Å². The van der Waals surface area contributed by atoms with Gasteiger partial charge in [-0.1, -0.05) is 26.0 Å². The van der Waals surface area contributed by atoms with Crippen molar-refractivity contribution in [2.24, 2.45) is 5.92 Å². The molecule has 1 aromatic rings. The summed E-state index contributed by atoms with van der Waals surface area (Å²) in [5.74, 6) is 1.00. The fourth-order valence-corrected chi connectivity index (χ4v) is 1.75. The summed E-state index contributed by atoms with van der Waals surface area (Å²) in [5, 5.41) is 9.83. The molecule has 1 rings (SSSR count). The lowest BCUT2D eigenvalue weighted by atomic mass is 9.97. The maximum absolute atomic E-state index is 9.83. The van der Waals surface area contributed by atoms with Gasteiger partial charge in [0.1, 0.15) is 5.75 Å². The van der Waals surface area contributed by atoms with E-state index in [0.29, 0.717) is 11.7 Å². The summed E-state index contributed by atoms with van der Waals surface area (Å²) in [6.45, 7) is 5.23. The number of rotatable bonds is 4. The van der Waals surface area contributed by atoms with Crippen LogP contribution in [-0.4, -0.2) is 24.1 Å². The average molecular weight is 207 g/mol. The fraction of sp³-hybridized carbons (Fsp3) is 0.538. The lowest BCUT2D eigenvalue weighted by molar-refractivity contribution is 0.396. The second-order valence-corrected chi connectivity index (χ2v) is 4.75. The van der Waals surface area contributed by atoms with E-state index in [4.69, 9.17) is 0 Å². The molecule has 0 aliphatic heterocycles. The van der Waals surface area contributed by atoms with Gasteiger partial charge in [0.25, 0.3) is 0 Å². The Balaban J connectivity index is 2.97. The first-order valence-corrected chi connectivity index (χ1v) is 5.45. The van der Waals surface area contributed by atoms with Gasteiger partial charge in [-0.3, -0.25) is 0 Å². The summed E-state index contributed by atoms with van der Waals surface area (Å²) in [6, 6.07) is 5.78. The van der Waals surface area contributed by atoms with Crippen LogP contribution in [-0.2, 0) is 13.0 Å². The maximum Gasteiger partial charge on any atom is 0.119 e. The lowest BCUT2D eigenvalue weighted by Crippen LogP contribution is -2.13. The summed E-state index contributed by atoms with van der Waals surface area (Å²) >= 11 is 0. The standard InChI is InChI=1S/C13H21NO/c1-10(2)8-12-11(9-14(3)4)6-5-7-13(12)15/h5-7,10,15H,8-9H2,1-4H3. The van der Waals surface area contributed by atoms with Gasteiger partial charge in [-0.25, -0.2) is 0 Å². The van der Waals surface area contributed by atoms with Crippen LogP contribution in [0.2, 0.25) is 0 Å². The Kier molecular flexibility index (Phi) is 4.15. The first-order chi connectivity index (χ1) is 7.00. The van der Waals surface area contributed by atoms with Crippen LogP contribution in [0.25, 0.3) is 0 Å². The van der Waals surface area contributed by atoms with Crippen LogP contribution in [0, 0.1) is 5.92 Å². The predicted octanol–water partition coefficient (Wildman–Crippen LogP) is 2.65. The van der Waals surface area contributed by atoms with E-state index < -0.39 is 0 Å². The van der Waals surface area contributed by atoms with E-state index in [-0.39, 0.29) is 0 Å². The lowest BCUT2D eigenvalue weighted by Gasteiger charge is -2.16. The van der Waals surface area contributed by atoms with Gasteiger partial charge in [0.2, 0.25) is 0 Å². The Morgan fingerprint density at radius 3 is 2.47 bits per heavy atom. The predicted molar refractivity (Wildman–Crippen MR) is 64.0 cm³/mol. The summed E-state index contributed by atoms with van der Waals surface area (Å²) < 4.78 is 0. The molecule has 0 radical (unpaired) electrons. The number of aromatic hydroxyl groups is 1. The molecule has 15 heavy (non-hydrogen) atoms. The summed E-state index contributed by atoms with van der Waals surface area (Å²) in [5.41, 5.74) is 2.33. The van der Waals surface area contributed by atoms with Gasteiger partial charge in [-0.05, 0) is 43.6 Å². The molecule has 0 unspecified atom stereocenters. The zero-order valence-electron chi connectivity index (χ0n) is 10.1. The van der Waals surface area contributed by atoms with Crippen LogP contribution >= 0.6 is 0 Å². The zero-order valence-corrected chi connectivity index (χ0v) is 10.1. The molecular weight excluding hydrogens is 186 g/mol. The fourth-order valence-electron chi connectivity index (χ4n) is 1.75. The minimum atomic E-state index is 0.433. The molecule has 0 atom stereocenters. The minimum absolute atomic E-state index is 0.433. The van der Waals surface area contributed by atoms with Crippen molar-refractivity contribution in [2.45, 2.75) is 26.8 Å². The monoisotopic (exact) mass is 207 g/mol. The Morgan fingerprint density at radius 1 is 1.27 bits per heavy atom. The normalized spacial score (nSPS) is 11.3. The van der Waals surface area contributed by atoms with Crippen LogP contribution in [0.3, 0.4) is 0 Å². The quantitative estimate of drug-likeness (QED) is 0.820. The van der Waals surface area contributed by atoms with Crippen molar-refractivity contribution >= 4 is 0 Å². The van der Waals surface area contributed by atoms with Crippen LogP contribution in [0.15, 0.2) is 18.2 Å². The third-order valence-electron chi connectivity index (χ3n) is 2.35. The summed E-state index contributed by atoms with van der Waals surface area (Å²) in [4.78, 5) is 2.12. The van der Waals surface area contributed by atoms with Crippen molar-refractivity contribution < 1.29 is 5.11 Å². The maximum atomic E-state index is 9.83. The van der Waals surface area contributed by atoms with Gasteiger partial charge >= 0.3 is 0 Å². The number of phenols is 1. The highest BCUT2D eigenvalue weighted by atomic mass is 16.3. The molecule has 2 nitrogen and oxygen atoms in total. The van der Waals surface area contributed by atoms with Crippen molar-refractivity contribution in [3.05, 3.63) is 29.3 Å². The van der Waals surface area contributed by atoms with E-state index in [9.17, 15) is 5.11 Å². The third kappa shape index (κ3) is 3.56. The third-order valence-corrected chi connectivity index (χ3v) is 2.35. The summed E-state index contributed by atoms with van der Waals surface area (Å²) in [7, 11) is 4.09.